The molecule has 18 heavy (non-hydrogen) atoms. The van der Waals surface area contributed by atoms with Gasteiger partial charge in [0.25, 0.3) is 0 Å². The molecule has 0 aromatic heterocycles. The monoisotopic (exact) mass is 275 g/mol. The molecule has 0 saturated carbocycles. The smallest absolute Gasteiger partial charge is 0.218 e. The second kappa shape index (κ2) is 6.32. The lowest BCUT2D eigenvalue weighted by atomic mass is 10.2. The van der Waals surface area contributed by atoms with Gasteiger partial charge in [0.05, 0.1) is 5.25 Å². The zero-order valence-corrected chi connectivity index (χ0v) is 12.1. The van der Waals surface area contributed by atoms with Crippen LogP contribution in [0.25, 0.3) is 0 Å². The third-order valence-electron chi connectivity index (χ3n) is 4.04. The number of sulfonamides is 1. The summed E-state index contributed by atoms with van der Waals surface area (Å²) in [6.07, 6.45) is 4.26. The first kappa shape index (κ1) is 14.2. The number of likely N-dealkylation sites (tertiary alicyclic amines) is 1. The van der Waals surface area contributed by atoms with Gasteiger partial charge in [-0.15, -0.1) is 0 Å². The lowest BCUT2D eigenvalue weighted by Gasteiger charge is -2.28. The number of piperidine rings is 1. The van der Waals surface area contributed by atoms with Crippen molar-refractivity contribution >= 4 is 10.0 Å². The number of hydrogen-bond donors (Lipinski definition) is 1. The third-order valence-corrected chi connectivity index (χ3v) is 6.33. The SMILES string of the molecule is CN(CCN1CCCC1)S(=O)(=O)C1CCCNC1. The Labute approximate surface area is 111 Å². The fourth-order valence-corrected chi connectivity index (χ4v) is 4.38. The van der Waals surface area contributed by atoms with Crippen molar-refractivity contribution in [2.75, 3.05) is 46.3 Å². The maximum absolute atomic E-state index is 12.4. The molecule has 0 aromatic rings. The summed E-state index contributed by atoms with van der Waals surface area (Å²) in [5.74, 6) is 0. The Bertz CT molecular complexity index is 346. The Hall–Kier alpha value is -0.170. The molecule has 2 heterocycles. The number of likely N-dealkylation sites (N-methyl/N-ethyl adjacent to an activating group) is 1. The van der Waals surface area contributed by atoms with Crippen LogP contribution < -0.4 is 5.32 Å². The molecule has 2 saturated heterocycles. The summed E-state index contributed by atoms with van der Waals surface area (Å²) in [6.45, 7) is 5.30. The zero-order chi connectivity index (χ0) is 13.0. The van der Waals surface area contributed by atoms with E-state index in [2.05, 4.69) is 10.2 Å². The Morgan fingerprint density at radius 3 is 2.61 bits per heavy atom. The highest BCUT2D eigenvalue weighted by atomic mass is 32.2. The molecule has 0 bridgehead atoms. The Balaban J connectivity index is 1.83. The summed E-state index contributed by atoms with van der Waals surface area (Å²) in [5.41, 5.74) is 0. The van der Waals surface area contributed by atoms with Crippen LogP contribution in [0.15, 0.2) is 0 Å². The predicted octanol–water partition coefficient (Wildman–Crippen LogP) is 0.0958. The van der Waals surface area contributed by atoms with Gasteiger partial charge in [-0.25, -0.2) is 12.7 Å². The van der Waals surface area contributed by atoms with Crippen LogP contribution in [-0.4, -0.2) is 69.2 Å². The van der Waals surface area contributed by atoms with Gasteiger partial charge >= 0.3 is 0 Å². The van der Waals surface area contributed by atoms with Gasteiger partial charge in [0.2, 0.25) is 10.0 Å². The molecule has 6 heteroatoms. The molecule has 0 aliphatic carbocycles. The average Bonchev–Trinajstić information content (AvgIpc) is 2.90. The lowest BCUT2D eigenvalue weighted by Crippen LogP contribution is -2.46. The highest BCUT2D eigenvalue weighted by Crippen LogP contribution is 2.15. The molecule has 2 fully saturated rings. The summed E-state index contributed by atoms with van der Waals surface area (Å²) in [5, 5.41) is 2.95. The number of hydrogen-bond acceptors (Lipinski definition) is 4. The molecule has 2 rings (SSSR count). The van der Waals surface area contributed by atoms with Crippen molar-refractivity contribution in [3.8, 4) is 0 Å². The maximum atomic E-state index is 12.4. The third kappa shape index (κ3) is 3.44. The highest BCUT2D eigenvalue weighted by molar-refractivity contribution is 7.89. The van der Waals surface area contributed by atoms with Crippen LogP contribution >= 0.6 is 0 Å². The summed E-state index contributed by atoms with van der Waals surface area (Å²) in [4.78, 5) is 2.35. The first-order valence-electron chi connectivity index (χ1n) is 6.99. The highest BCUT2D eigenvalue weighted by Gasteiger charge is 2.30. The topological polar surface area (TPSA) is 52.7 Å². The van der Waals surface area contributed by atoms with Crippen LogP contribution in [0.1, 0.15) is 25.7 Å². The molecule has 2 aliphatic rings. The van der Waals surface area contributed by atoms with Crippen molar-refractivity contribution in [3.05, 3.63) is 0 Å². The molecule has 1 unspecified atom stereocenters. The van der Waals surface area contributed by atoms with Gasteiger partial charge in [-0.1, -0.05) is 0 Å². The fraction of sp³-hybridized carbons (Fsp3) is 1.00. The van der Waals surface area contributed by atoms with Gasteiger partial charge in [0.1, 0.15) is 0 Å². The van der Waals surface area contributed by atoms with Crippen LogP contribution in [-0.2, 0) is 10.0 Å². The van der Waals surface area contributed by atoms with Crippen molar-refractivity contribution in [1.82, 2.24) is 14.5 Å². The minimum absolute atomic E-state index is 0.227. The first-order chi connectivity index (χ1) is 8.60. The van der Waals surface area contributed by atoms with E-state index in [0.29, 0.717) is 13.1 Å². The number of rotatable bonds is 5. The van der Waals surface area contributed by atoms with E-state index < -0.39 is 10.0 Å². The number of nitrogens with zero attached hydrogens (tertiary/aromatic N) is 2. The molecular formula is C12H25N3O2S. The van der Waals surface area contributed by atoms with Gasteiger partial charge in [-0.3, -0.25) is 0 Å². The predicted molar refractivity (Wildman–Crippen MR) is 73.1 cm³/mol. The van der Waals surface area contributed by atoms with Gasteiger partial charge in [-0.05, 0) is 45.3 Å². The van der Waals surface area contributed by atoms with E-state index in [9.17, 15) is 8.42 Å². The number of nitrogens with one attached hydrogen (secondary N) is 1. The van der Waals surface area contributed by atoms with Crippen LogP contribution in [0.4, 0.5) is 0 Å². The summed E-state index contributed by atoms with van der Waals surface area (Å²) in [7, 11) is -1.39. The quantitative estimate of drug-likeness (QED) is 0.773. The molecule has 1 N–H and O–H groups in total. The van der Waals surface area contributed by atoms with Crippen LogP contribution in [0.3, 0.4) is 0 Å². The standard InChI is InChI=1S/C12H25N3O2S/c1-14(9-10-15-7-2-3-8-15)18(16,17)12-5-4-6-13-11-12/h12-13H,2-11H2,1H3. The minimum Gasteiger partial charge on any atom is -0.315 e. The van der Waals surface area contributed by atoms with Crippen molar-refractivity contribution in [2.24, 2.45) is 0 Å². The molecule has 0 spiro atoms. The van der Waals surface area contributed by atoms with E-state index in [1.165, 1.54) is 12.8 Å². The second-order valence-electron chi connectivity index (χ2n) is 5.38. The lowest BCUT2D eigenvalue weighted by molar-refractivity contribution is 0.307. The van der Waals surface area contributed by atoms with Crippen LogP contribution in [0.2, 0.25) is 0 Å². The van der Waals surface area contributed by atoms with Gasteiger partial charge in [-0.2, -0.15) is 0 Å². The molecule has 0 radical (unpaired) electrons. The van der Waals surface area contributed by atoms with Gasteiger partial charge in [0, 0.05) is 26.7 Å². The van der Waals surface area contributed by atoms with E-state index in [0.717, 1.165) is 39.0 Å². The summed E-state index contributed by atoms with van der Waals surface area (Å²) < 4.78 is 26.3. The molecule has 0 amide bonds. The zero-order valence-electron chi connectivity index (χ0n) is 11.3. The van der Waals surface area contributed by atoms with Crippen molar-refractivity contribution in [2.45, 2.75) is 30.9 Å². The Morgan fingerprint density at radius 1 is 1.28 bits per heavy atom. The fourth-order valence-electron chi connectivity index (χ4n) is 2.74. The van der Waals surface area contributed by atoms with E-state index in [1.54, 1.807) is 11.4 Å². The largest absolute Gasteiger partial charge is 0.315 e. The van der Waals surface area contributed by atoms with E-state index >= 15 is 0 Å². The average molecular weight is 275 g/mol. The normalized spacial score (nSPS) is 26.9. The van der Waals surface area contributed by atoms with E-state index in [-0.39, 0.29) is 5.25 Å². The Kier molecular flexibility index (Phi) is 5.00. The van der Waals surface area contributed by atoms with Gasteiger partial charge < -0.3 is 10.2 Å². The van der Waals surface area contributed by atoms with Crippen LogP contribution in [0.5, 0.6) is 0 Å². The van der Waals surface area contributed by atoms with Crippen molar-refractivity contribution in [1.29, 1.82) is 0 Å². The first-order valence-corrected chi connectivity index (χ1v) is 8.49. The van der Waals surface area contributed by atoms with Crippen LogP contribution in [0, 0.1) is 0 Å². The van der Waals surface area contributed by atoms with E-state index in [1.807, 2.05) is 0 Å². The maximum Gasteiger partial charge on any atom is 0.218 e. The molecule has 1 atom stereocenters. The van der Waals surface area contributed by atoms with Crippen molar-refractivity contribution in [3.63, 3.8) is 0 Å². The summed E-state index contributed by atoms with van der Waals surface area (Å²) in [6, 6.07) is 0. The Morgan fingerprint density at radius 2 is 2.00 bits per heavy atom. The molecule has 106 valence electrons. The molecule has 2 aliphatic heterocycles. The van der Waals surface area contributed by atoms with E-state index in [4.69, 9.17) is 0 Å². The second-order valence-corrected chi connectivity index (χ2v) is 7.70. The van der Waals surface area contributed by atoms with Crippen molar-refractivity contribution < 1.29 is 8.42 Å². The molecular weight excluding hydrogens is 250 g/mol. The summed E-state index contributed by atoms with van der Waals surface area (Å²) >= 11 is 0. The molecule has 0 aromatic carbocycles. The van der Waals surface area contributed by atoms with Gasteiger partial charge in [0.15, 0.2) is 0 Å². The molecule has 5 nitrogen and oxygen atoms in total. The minimum atomic E-state index is -3.11.